The fraction of sp³-hybridized carbons (Fsp3) is 0.393. The van der Waals surface area contributed by atoms with E-state index in [4.69, 9.17) is 9.47 Å². The Balaban J connectivity index is 1.89. The van der Waals surface area contributed by atoms with Crippen LogP contribution in [0.2, 0.25) is 0 Å². The number of hydrogen-bond acceptors (Lipinski definition) is 4. The minimum absolute atomic E-state index is 0.285. The number of hydrogen-bond donors (Lipinski definition) is 0. The number of carbonyl (C=O) groups is 1. The summed E-state index contributed by atoms with van der Waals surface area (Å²) in [7, 11) is 2.12. The second-order valence-electron chi connectivity index (χ2n) is 7.64. The molecule has 2 aromatic rings. The number of esters is 1. The molecule has 0 aliphatic carbocycles. The first-order chi connectivity index (χ1) is 15.6. The molecular formula is C28H35NO3. The number of benzene rings is 2. The summed E-state index contributed by atoms with van der Waals surface area (Å²) < 4.78 is 10.8. The first kappa shape index (κ1) is 25.4. The highest BCUT2D eigenvalue weighted by atomic mass is 16.5. The summed E-state index contributed by atoms with van der Waals surface area (Å²) in [6.07, 6.45) is 6.39. The smallest absolute Gasteiger partial charge is 0.330 e. The lowest BCUT2D eigenvalue weighted by Gasteiger charge is -2.27. The minimum Gasteiger partial charge on any atom is -0.463 e. The molecule has 1 unspecified atom stereocenters. The molecule has 0 N–H and O–H groups in total. The van der Waals surface area contributed by atoms with Crippen molar-refractivity contribution in [3.8, 4) is 11.8 Å². The van der Waals surface area contributed by atoms with Crippen molar-refractivity contribution in [2.24, 2.45) is 0 Å². The molecule has 0 heterocycles. The summed E-state index contributed by atoms with van der Waals surface area (Å²) in [6.45, 7) is 6.21. The Bertz CT molecular complexity index is 878. The highest BCUT2D eigenvalue weighted by Gasteiger charge is 2.16. The van der Waals surface area contributed by atoms with E-state index in [1.165, 1.54) is 17.2 Å². The van der Waals surface area contributed by atoms with Crippen LogP contribution in [0.15, 0.2) is 60.7 Å². The maximum absolute atomic E-state index is 11.5. The molecule has 32 heavy (non-hydrogen) atoms. The van der Waals surface area contributed by atoms with Crippen molar-refractivity contribution in [1.82, 2.24) is 4.90 Å². The maximum Gasteiger partial charge on any atom is 0.330 e. The molecule has 0 saturated carbocycles. The van der Waals surface area contributed by atoms with Crippen molar-refractivity contribution < 1.29 is 14.3 Å². The SMILES string of the molecule is CC#CCN(C)C(CCCCOCc1ccccc1)c1ccc(/C=C/C(=O)OCC)cc1. The molecular weight excluding hydrogens is 398 g/mol. The minimum atomic E-state index is -0.318. The molecule has 0 amide bonds. The first-order valence-electron chi connectivity index (χ1n) is 11.3. The van der Waals surface area contributed by atoms with E-state index in [2.05, 4.69) is 48.1 Å². The molecule has 2 aromatic carbocycles. The van der Waals surface area contributed by atoms with Crippen molar-refractivity contribution >= 4 is 12.0 Å². The van der Waals surface area contributed by atoms with Crippen LogP contribution >= 0.6 is 0 Å². The third kappa shape index (κ3) is 9.51. The van der Waals surface area contributed by atoms with Gasteiger partial charge in [-0.3, -0.25) is 4.90 Å². The molecule has 0 aromatic heterocycles. The zero-order chi connectivity index (χ0) is 23.0. The van der Waals surface area contributed by atoms with E-state index in [0.29, 0.717) is 13.2 Å². The highest BCUT2D eigenvalue weighted by Crippen LogP contribution is 2.26. The van der Waals surface area contributed by atoms with E-state index in [0.717, 1.165) is 38.0 Å². The topological polar surface area (TPSA) is 38.8 Å². The standard InChI is InChI=1S/C28H35NO3/c1-4-6-21-29(3)27(14-10-11-22-31-23-25-12-8-7-9-13-25)26-18-15-24(16-19-26)17-20-28(30)32-5-2/h7-9,12-13,15-20,27H,5,10-11,14,21-23H2,1-3H3/b20-17+. The van der Waals surface area contributed by atoms with Gasteiger partial charge in [0.2, 0.25) is 0 Å². The summed E-state index contributed by atoms with van der Waals surface area (Å²) in [4.78, 5) is 13.8. The molecule has 4 nitrogen and oxygen atoms in total. The van der Waals surface area contributed by atoms with Crippen LogP contribution in [-0.4, -0.2) is 37.7 Å². The zero-order valence-corrected chi connectivity index (χ0v) is 19.5. The quantitative estimate of drug-likeness (QED) is 0.177. The lowest BCUT2D eigenvalue weighted by molar-refractivity contribution is -0.137. The summed E-state index contributed by atoms with van der Waals surface area (Å²) in [6, 6.07) is 18.9. The van der Waals surface area contributed by atoms with Gasteiger partial charge < -0.3 is 9.47 Å². The van der Waals surface area contributed by atoms with Crippen LogP contribution in [0.25, 0.3) is 6.08 Å². The molecule has 0 spiro atoms. The van der Waals surface area contributed by atoms with E-state index in [9.17, 15) is 4.79 Å². The fourth-order valence-corrected chi connectivity index (χ4v) is 3.45. The predicted molar refractivity (Wildman–Crippen MR) is 131 cm³/mol. The fourth-order valence-electron chi connectivity index (χ4n) is 3.45. The lowest BCUT2D eigenvalue weighted by Crippen LogP contribution is -2.25. The van der Waals surface area contributed by atoms with Gasteiger partial charge in [-0.25, -0.2) is 4.79 Å². The first-order valence-corrected chi connectivity index (χ1v) is 11.3. The van der Waals surface area contributed by atoms with Crippen LogP contribution < -0.4 is 0 Å². The third-order valence-electron chi connectivity index (χ3n) is 5.18. The molecule has 1 atom stereocenters. The van der Waals surface area contributed by atoms with E-state index in [-0.39, 0.29) is 12.0 Å². The number of rotatable bonds is 13. The van der Waals surface area contributed by atoms with Crippen LogP contribution in [0.5, 0.6) is 0 Å². The molecule has 0 aliphatic heterocycles. The van der Waals surface area contributed by atoms with Gasteiger partial charge in [-0.05, 0) is 62.9 Å². The van der Waals surface area contributed by atoms with Gasteiger partial charge in [0.15, 0.2) is 0 Å². The predicted octanol–water partition coefficient (Wildman–Crippen LogP) is 5.65. The van der Waals surface area contributed by atoms with Gasteiger partial charge in [-0.2, -0.15) is 0 Å². The molecule has 0 bridgehead atoms. The second-order valence-corrected chi connectivity index (χ2v) is 7.64. The van der Waals surface area contributed by atoms with Crippen LogP contribution in [-0.2, 0) is 20.9 Å². The molecule has 4 heteroatoms. The number of unbranched alkanes of at least 4 members (excludes halogenated alkanes) is 1. The van der Waals surface area contributed by atoms with Crippen molar-refractivity contribution in [2.45, 2.75) is 45.8 Å². The molecule has 0 fully saturated rings. The van der Waals surface area contributed by atoms with E-state index in [1.54, 1.807) is 13.0 Å². The van der Waals surface area contributed by atoms with E-state index < -0.39 is 0 Å². The average molecular weight is 434 g/mol. The maximum atomic E-state index is 11.5. The van der Waals surface area contributed by atoms with Crippen LogP contribution in [0.4, 0.5) is 0 Å². The highest BCUT2D eigenvalue weighted by molar-refractivity contribution is 5.87. The summed E-state index contributed by atoms with van der Waals surface area (Å²) in [5, 5.41) is 0. The van der Waals surface area contributed by atoms with Gasteiger partial charge in [0.1, 0.15) is 0 Å². The number of nitrogens with zero attached hydrogens (tertiary/aromatic N) is 1. The van der Waals surface area contributed by atoms with Gasteiger partial charge in [0, 0.05) is 18.7 Å². The monoisotopic (exact) mass is 433 g/mol. The molecule has 2 rings (SSSR count). The largest absolute Gasteiger partial charge is 0.463 e. The van der Waals surface area contributed by atoms with Crippen molar-refractivity contribution in [3.05, 3.63) is 77.4 Å². The zero-order valence-electron chi connectivity index (χ0n) is 19.5. The Morgan fingerprint density at radius 1 is 1.09 bits per heavy atom. The van der Waals surface area contributed by atoms with E-state index in [1.807, 2.05) is 37.3 Å². The van der Waals surface area contributed by atoms with Crippen molar-refractivity contribution in [2.75, 3.05) is 26.8 Å². The van der Waals surface area contributed by atoms with Gasteiger partial charge in [0.05, 0.1) is 19.8 Å². The van der Waals surface area contributed by atoms with Gasteiger partial charge in [-0.15, -0.1) is 5.92 Å². The Labute approximate surface area is 193 Å². The van der Waals surface area contributed by atoms with Gasteiger partial charge in [-0.1, -0.05) is 60.5 Å². The van der Waals surface area contributed by atoms with Crippen LogP contribution in [0.3, 0.4) is 0 Å². The molecule has 0 saturated heterocycles. The Morgan fingerprint density at radius 2 is 1.84 bits per heavy atom. The lowest BCUT2D eigenvalue weighted by atomic mass is 9.98. The van der Waals surface area contributed by atoms with Gasteiger partial charge >= 0.3 is 5.97 Å². The van der Waals surface area contributed by atoms with E-state index >= 15 is 0 Å². The van der Waals surface area contributed by atoms with Crippen molar-refractivity contribution in [1.29, 1.82) is 0 Å². The van der Waals surface area contributed by atoms with Gasteiger partial charge in [0.25, 0.3) is 0 Å². The average Bonchev–Trinajstić information content (AvgIpc) is 2.82. The second kappa shape index (κ2) is 15.0. The number of carbonyl (C=O) groups excluding carboxylic acids is 1. The number of ether oxygens (including phenoxy) is 2. The molecule has 170 valence electrons. The van der Waals surface area contributed by atoms with Crippen LogP contribution in [0.1, 0.15) is 55.8 Å². The molecule has 0 radical (unpaired) electrons. The summed E-state index contributed by atoms with van der Waals surface area (Å²) in [5.74, 6) is 5.84. The normalized spacial score (nSPS) is 11.9. The summed E-state index contributed by atoms with van der Waals surface area (Å²) >= 11 is 0. The third-order valence-corrected chi connectivity index (χ3v) is 5.18. The Kier molecular flexibility index (Phi) is 11.9. The molecule has 0 aliphatic rings. The Morgan fingerprint density at radius 3 is 2.53 bits per heavy atom. The Hall–Kier alpha value is -2.87. The van der Waals surface area contributed by atoms with Crippen LogP contribution in [0, 0.1) is 11.8 Å². The summed E-state index contributed by atoms with van der Waals surface area (Å²) in [5.41, 5.74) is 3.44. The van der Waals surface area contributed by atoms with Crippen molar-refractivity contribution in [3.63, 3.8) is 0 Å².